The fourth-order valence-corrected chi connectivity index (χ4v) is 5.18. The molecule has 0 aliphatic rings. The number of anilines is 1. The Hall–Kier alpha value is -2.61. The number of fused-ring (bicyclic) bond motifs is 1. The van der Waals surface area contributed by atoms with Gasteiger partial charge in [-0.2, -0.15) is 0 Å². The molecule has 2 aromatic carbocycles. The first-order chi connectivity index (χ1) is 15.2. The molecule has 158 valence electrons. The third-order valence-electron chi connectivity index (χ3n) is 4.58. The number of carbonyl (C=O) groups is 1. The molecule has 31 heavy (non-hydrogen) atoms. The molecular weight excluding hydrogens is 450 g/mol. The number of carbonyl (C=O) groups excluding carboxylic acids is 1. The summed E-state index contributed by atoms with van der Waals surface area (Å²) in [6.07, 6.45) is 1.72. The van der Waals surface area contributed by atoms with Crippen LogP contribution < -0.4 is 9.64 Å². The fraction of sp³-hybridized carbons (Fsp3) is 0.174. The Kier molecular flexibility index (Phi) is 7.06. The van der Waals surface area contributed by atoms with Crippen LogP contribution in [0.2, 0.25) is 5.02 Å². The number of benzene rings is 2. The van der Waals surface area contributed by atoms with E-state index in [0.29, 0.717) is 33.7 Å². The number of thiazole rings is 1. The zero-order chi connectivity index (χ0) is 21.6. The largest absolute Gasteiger partial charge is 0.494 e. The molecule has 0 unspecified atom stereocenters. The van der Waals surface area contributed by atoms with Crippen LogP contribution in [-0.2, 0) is 17.1 Å². The third-order valence-corrected chi connectivity index (χ3v) is 7.11. The summed E-state index contributed by atoms with van der Waals surface area (Å²) in [4.78, 5) is 24.0. The molecule has 0 radical (unpaired) electrons. The molecule has 2 aromatic heterocycles. The van der Waals surface area contributed by atoms with Crippen LogP contribution in [0, 0.1) is 0 Å². The second-order valence-electron chi connectivity index (χ2n) is 6.70. The lowest BCUT2D eigenvalue weighted by atomic mass is 10.2. The number of thioether (sulfide) groups is 1. The zero-order valence-electron chi connectivity index (χ0n) is 16.8. The van der Waals surface area contributed by atoms with Crippen molar-refractivity contribution in [3.63, 3.8) is 0 Å². The van der Waals surface area contributed by atoms with Crippen LogP contribution in [0.3, 0.4) is 0 Å². The Balaban J connectivity index is 1.60. The van der Waals surface area contributed by atoms with Gasteiger partial charge < -0.3 is 4.74 Å². The number of rotatable bonds is 8. The number of halogens is 1. The van der Waals surface area contributed by atoms with E-state index < -0.39 is 0 Å². The summed E-state index contributed by atoms with van der Waals surface area (Å²) in [7, 11) is 1.60. The van der Waals surface area contributed by atoms with E-state index in [1.165, 1.54) is 16.9 Å². The average molecular weight is 470 g/mol. The molecule has 0 bridgehead atoms. The second-order valence-corrected chi connectivity index (χ2v) is 9.07. The van der Waals surface area contributed by atoms with E-state index >= 15 is 0 Å². The van der Waals surface area contributed by atoms with Crippen molar-refractivity contribution in [3.8, 4) is 5.75 Å². The van der Waals surface area contributed by atoms with Crippen molar-refractivity contribution in [1.29, 1.82) is 0 Å². The van der Waals surface area contributed by atoms with Crippen LogP contribution in [0.15, 0.2) is 66.9 Å². The lowest BCUT2D eigenvalue weighted by molar-refractivity contribution is -0.116. The minimum atomic E-state index is -0.0271. The van der Waals surface area contributed by atoms with Crippen molar-refractivity contribution >= 4 is 56.0 Å². The van der Waals surface area contributed by atoms with Gasteiger partial charge in [-0.1, -0.05) is 59.3 Å². The zero-order valence-corrected chi connectivity index (χ0v) is 19.2. The minimum Gasteiger partial charge on any atom is -0.494 e. The van der Waals surface area contributed by atoms with Crippen molar-refractivity contribution in [2.24, 2.45) is 0 Å². The number of aromatic nitrogens is 2. The molecule has 0 saturated carbocycles. The van der Waals surface area contributed by atoms with Gasteiger partial charge in [0, 0.05) is 11.9 Å². The predicted octanol–water partition coefficient (Wildman–Crippen LogP) is 5.82. The molecule has 0 fully saturated rings. The molecule has 0 aliphatic heterocycles. The van der Waals surface area contributed by atoms with Gasteiger partial charge in [0.05, 0.1) is 34.8 Å². The van der Waals surface area contributed by atoms with E-state index in [9.17, 15) is 4.79 Å². The van der Waals surface area contributed by atoms with E-state index in [1.807, 2.05) is 36.4 Å². The average Bonchev–Trinajstić information content (AvgIpc) is 3.25. The molecule has 2 heterocycles. The molecule has 4 aromatic rings. The summed E-state index contributed by atoms with van der Waals surface area (Å²) < 4.78 is 6.23. The third kappa shape index (κ3) is 5.18. The molecule has 5 nitrogen and oxygen atoms in total. The number of hydrogen-bond acceptors (Lipinski definition) is 6. The molecule has 0 saturated heterocycles. The summed E-state index contributed by atoms with van der Waals surface area (Å²) >= 11 is 9.35. The van der Waals surface area contributed by atoms with Crippen LogP contribution in [0.4, 0.5) is 5.13 Å². The highest BCUT2D eigenvalue weighted by Gasteiger charge is 2.22. The van der Waals surface area contributed by atoms with Gasteiger partial charge in [-0.3, -0.25) is 14.7 Å². The number of amides is 1. The van der Waals surface area contributed by atoms with Crippen molar-refractivity contribution < 1.29 is 9.53 Å². The Morgan fingerprint density at radius 2 is 1.94 bits per heavy atom. The van der Waals surface area contributed by atoms with E-state index in [2.05, 4.69) is 17.1 Å². The molecule has 0 N–H and O–H groups in total. The molecule has 0 aliphatic carbocycles. The van der Waals surface area contributed by atoms with Crippen molar-refractivity contribution in [1.82, 2.24) is 9.97 Å². The van der Waals surface area contributed by atoms with Crippen molar-refractivity contribution in [2.45, 2.75) is 12.3 Å². The summed E-state index contributed by atoms with van der Waals surface area (Å²) in [5, 5.41) is 1.17. The summed E-state index contributed by atoms with van der Waals surface area (Å²) in [5.41, 5.74) is 2.64. The number of nitrogens with zero attached hydrogens (tertiary/aromatic N) is 3. The maximum atomic E-state index is 13.2. The molecule has 1 amide bonds. The van der Waals surface area contributed by atoms with Gasteiger partial charge in [0.25, 0.3) is 0 Å². The van der Waals surface area contributed by atoms with Gasteiger partial charge in [0.2, 0.25) is 5.91 Å². The van der Waals surface area contributed by atoms with Gasteiger partial charge in [-0.15, -0.1) is 11.8 Å². The molecular formula is C23H20ClN3O2S2. The SMILES string of the molecule is COc1ccc(Cl)c2sc(N(Cc3ccccn3)C(=O)CSCc3ccccc3)nc12. The lowest BCUT2D eigenvalue weighted by Crippen LogP contribution is -2.32. The number of hydrogen-bond donors (Lipinski definition) is 0. The van der Waals surface area contributed by atoms with Gasteiger partial charge in [0.15, 0.2) is 5.13 Å². The van der Waals surface area contributed by atoms with Crippen LogP contribution in [0.1, 0.15) is 11.3 Å². The van der Waals surface area contributed by atoms with Gasteiger partial charge in [0.1, 0.15) is 11.3 Å². The Labute approximate surface area is 194 Å². The van der Waals surface area contributed by atoms with Crippen LogP contribution in [0.25, 0.3) is 10.2 Å². The predicted molar refractivity (Wildman–Crippen MR) is 129 cm³/mol. The molecule has 4 rings (SSSR count). The van der Waals surface area contributed by atoms with Crippen LogP contribution in [0.5, 0.6) is 5.75 Å². The summed E-state index contributed by atoms with van der Waals surface area (Å²) in [6, 6.07) is 19.3. The second kappa shape index (κ2) is 10.1. The van der Waals surface area contributed by atoms with E-state index in [4.69, 9.17) is 21.3 Å². The topological polar surface area (TPSA) is 55.3 Å². The van der Waals surface area contributed by atoms with Crippen LogP contribution in [-0.4, -0.2) is 28.7 Å². The number of pyridine rings is 1. The summed E-state index contributed by atoms with van der Waals surface area (Å²) in [5.74, 6) is 1.71. The standard InChI is InChI=1S/C23H20ClN3O2S2/c1-29-19-11-10-18(24)22-21(19)26-23(31-22)27(13-17-9-5-6-12-25-17)20(28)15-30-14-16-7-3-2-4-8-16/h2-12H,13-15H2,1H3. The van der Waals surface area contributed by atoms with Gasteiger partial charge in [-0.25, -0.2) is 4.98 Å². The number of methoxy groups -OCH3 is 1. The van der Waals surface area contributed by atoms with Gasteiger partial charge >= 0.3 is 0 Å². The summed E-state index contributed by atoms with van der Waals surface area (Å²) in [6.45, 7) is 0.339. The van der Waals surface area contributed by atoms with E-state index in [-0.39, 0.29) is 5.91 Å². The Morgan fingerprint density at radius 1 is 1.13 bits per heavy atom. The quantitative estimate of drug-likeness (QED) is 0.325. The van der Waals surface area contributed by atoms with E-state index in [1.54, 1.807) is 42.1 Å². The smallest absolute Gasteiger partial charge is 0.239 e. The van der Waals surface area contributed by atoms with Crippen LogP contribution >= 0.6 is 34.7 Å². The first-order valence-electron chi connectivity index (χ1n) is 9.60. The first-order valence-corrected chi connectivity index (χ1v) is 12.0. The number of ether oxygens (including phenoxy) is 1. The Morgan fingerprint density at radius 3 is 2.68 bits per heavy atom. The van der Waals surface area contributed by atoms with Crippen molar-refractivity contribution in [2.75, 3.05) is 17.8 Å². The highest BCUT2D eigenvalue weighted by molar-refractivity contribution is 7.99. The fourth-order valence-electron chi connectivity index (χ4n) is 3.05. The monoisotopic (exact) mass is 469 g/mol. The first kappa shape index (κ1) is 21.6. The molecule has 0 spiro atoms. The molecule has 8 heteroatoms. The van der Waals surface area contributed by atoms with Crippen molar-refractivity contribution in [3.05, 3.63) is 83.1 Å². The maximum absolute atomic E-state index is 13.2. The molecule has 0 atom stereocenters. The highest BCUT2D eigenvalue weighted by atomic mass is 35.5. The Bertz CT molecular complexity index is 1170. The van der Waals surface area contributed by atoms with Gasteiger partial charge in [-0.05, 0) is 29.8 Å². The maximum Gasteiger partial charge on any atom is 0.239 e. The normalized spacial score (nSPS) is 10.9. The highest BCUT2D eigenvalue weighted by Crippen LogP contribution is 2.39. The van der Waals surface area contributed by atoms with E-state index in [0.717, 1.165) is 16.1 Å². The minimum absolute atomic E-state index is 0.0271. The lowest BCUT2D eigenvalue weighted by Gasteiger charge is -2.19.